The van der Waals surface area contributed by atoms with Crippen molar-refractivity contribution in [1.29, 1.82) is 5.26 Å². The maximum absolute atomic E-state index is 9.54. The van der Waals surface area contributed by atoms with Crippen molar-refractivity contribution in [3.05, 3.63) is 28.8 Å². The van der Waals surface area contributed by atoms with E-state index in [-0.39, 0.29) is 6.10 Å². The monoisotopic (exact) mass is 264 g/mol. The number of aliphatic hydroxyl groups excluding tert-OH is 1. The Labute approximate surface area is 113 Å². The summed E-state index contributed by atoms with van der Waals surface area (Å²) >= 11 is 6.02. The molecule has 0 amide bonds. The zero-order chi connectivity index (χ0) is 13.1. The second-order valence-corrected chi connectivity index (χ2v) is 5.28. The molecule has 1 saturated heterocycles. The molecule has 1 aliphatic heterocycles. The Bertz CT molecular complexity index is 467. The molecule has 2 rings (SSSR count). The van der Waals surface area contributed by atoms with Crippen LogP contribution in [0.25, 0.3) is 0 Å². The van der Waals surface area contributed by atoms with E-state index in [4.69, 9.17) is 16.9 Å². The Kier molecular flexibility index (Phi) is 4.11. The first-order valence-corrected chi connectivity index (χ1v) is 6.64. The molecule has 0 aromatic heterocycles. The number of hydrogen-bond acceptors (Lipinski definition) is 3. The lowest BCUT2D eigenvalue weighted by molar-refractivity contribution is 0.175. The highest BCUT2D eigenvalue weighted by molar-refractivity contribution is 6.30. The molecule has 4 heteroatoms. The molecule has 0 aliphatic carbocycles. The second kappa shape index (κ2) is 5.60. The van der Waals surface area contributed by atoms with Crippen LogP contribution >= 0.6 is 11.6 Å². The van der Waals surface area contributed by atoms with Crippen molar-refractivity contribution in [2.45, 2.75) is 38.3 Å². The van der Waals surface area contributed by atoms with Crippen LogP contribution in [0.3, 0.4) is 0 Å². The minimum atomic E-state index is -0.319. The summed E-state index contributed by atoms with van der Waals surface area (Å²) in [4.78, 5) is 2.21. The third-order valence-corrected chi connectivity index (χ3v) is 3.62. The van der Waals surface area contributed by atoms with E-state index in [2.05, 4.69) is 11.0 Å². The van der Waals surface area contributed by atoms with Gasteiger partial charge in [-0.1, -0.05) is 11.6 Å². The smallest absolute Gasteiger partial charge is 0.101 e. The van der Waals surface area contributed by atoms with Crippen molar-refractivity contribution in [2.24, 2.45) is 0 Å². The molecule has 1 fully saturated rings. The van der Waals surface area contributed by atoms with Gasteiger partial charge in [0.25, 0.3) is 0 Å². The Morgan fingerprint density at radius 3 is 3.06 bits per heavy atom. The van der Waals surface area contributed by atoms with Crippen LogP contribution in [0.15, 0.2) is 18.2 Å². The quantitative estimate of drug-likeness (QED) is 0.913. The molecule has 2 atom stereocenters. The average molecular weight is 265 g/mol. The SMILES string of the molecule is CC(O)CC1CCCN1c1cc(Cl)ccc1C#N. The van der Waals surface area contributed by atoms with Crippen LogP contribution < -0.4 is 4.90 Å². The highest BCUT2D eigenvalue weighted by Crippen LogP contribution is 2.32. The third kappa shape index (κ3) is 2.77. The maximum Gasteiger partial charge on any atom is 0.101 e. The molecule has 2 unspecified atom stereocenters. The van der Waals surface area contributed by atoms with Gasteiger partial charge >= 0.3 is 0 Å². The lowest BCUT2D eigenvalue weighted by Gasteiger charge is -2.28. The molecule has 1 aromatic carbocycles. The molecular weight excluding hydrogens is 248 g/mol. The van der Waals surface area contributed by atoms with Crippen molar-refractivity contribution >= 4 is 17.3 Å². The summed E-state index contributed by atoms with van der Waals surface area (Å²) in [5.74, 6) is 0. The summed E-state index contributed by atoms with van der Waals surface area (Å²) in [5, 5.41) is 19.4. The van der Waals surface area contributed by atoms with E-state index in [0.29, 0.717) is 16.6 Å². The molecule has 0 saturated carbocycles. The molecule has 3 nitrogen and oxygen atoms in total. The molecule has 96 valence electrons. The van der Waals surface area contributed by atoms with Crippen LogP contribution in [0.4, 0.5) is 5.69 Å². The van der Waals surface area contributed by atoms with Crippen molar-refractivity contribution in [3.63, 3.8) is 0 Å². The summed E-state index contributed by atoms with van der Waals surface area (Å²) in [7, 11) is 0. The number of anilines is 1. The molecule has 1 aliphatic rings. The largest absolute Gasteiger partial charge is 0.393 e. The Balaban J connectivity index is 2.30. The lowest BCUT2D eigenvalue weighted by atomic mass is 10.1. The first kappa shape index (κ1) is 13.2. The number of aliphatic hydroxyl groups is 1. The van der Waals surface area contributed by atoms with Gasteiger partial charge in [-0.05, 0) is 44.4 Å². The summed E-state index contributed by atoms with van der Waals surface area (Å²) in [6, 6.07) is 7.86. The molecule has 18 heavy (non-hydrogen) atoms. The van der Waals surface area contributed by atoms with Crippen molar-refractivity contribution in [3.8, 4) is 6.07 Å². The van der Waals surface area contributed by atoms with Gasteiger partial charge in [0.1, 0.15) is 6.07 Å². The number of rotatable bonds is 3. The number of nitriles is 1. The lowest BCUT2D eigenvalue weighted by Crippen LogP contribution is -2.32. The van der Waals surface area contributed by atoms with Crippen LogP contribution in [0, 0.1) is 11.3 Å². The van der Waals surface area contributed by atoms with Crippen LogP contribution in [-0.4, -0.2) is 23.8 Å². The fourth-order valence-corrected chi connectivity index (χ4v) is 2.79. The number of hydrogen-bond donors (Lipinski definition) is 1. The minimum absolute atomic E-state index is 0.301. The van der Waals surface area contributed by atoms with Crippen molar-refractivity contribution < 1.29 is 5.11 Å². The van der Waals surface area contributed by atoms with Gasteiger partial charge in [-0.25, -0.2) is 0 Å². The van der Waals surface area contributed by atoms with Gasteiger partial charge in [0.2, 0.25) is 0 Å². The van der Waals surface area contributed by atoms with Gasteiger partial charge in [-0.3, -0.25) is 0 Å². The molecule has 1 heterocycles. The molecule has 0 spiro atoms. The Morgan fingerprint density at radius 1 is 1.61 bits per heavy atom. The summed E-state index contributed by atoms with van der Waals surface area (Å²) in [6.45, 7) is 2.73. The van der Waals surface area contributed by atoms with E-state index in [9.17, 15) is 5.11 Å². The number of benzene rings is 1. The van der Waals surface area contributed by atoms with E-state index in [1.807, 2.05) is 6.07 Å². The molecule has 0 bridgehead atoms. The van der Waals surface area contributed by atoms with Gasteiger partial charge in [0, 0.05) is 17.6 Å². The van der Waals surface area contributed by atoms with Gasteiger partial charge in [-0.15, -0.1) is 0 Å². The number of nitrogens with zero attached hydrogens (tertiary/aromatic N) is 2. The zero-order valence-corrected chi connectivity index (χ0v) is 11.2. The molecule has 1 N–H and O–H groups in total. The van der Waals surface area contributed by atoms with E-state index in [1.54, 1.807) is 19.1 Å². The number of halogens is 1. The third-order valence-electron chi connectivity index (χ3n) is 3.38. The predicted octanol–water partition coefficient (Wildman–Crippen LogP) is 2.95. The molecule has 1 aromatic rings. The molecule has 0 radical (unpaired) electrons. The first-order chi connectivity index (χ1) is 8.61. The summed E-state index contributed by atoms with van der Waals surface area (Å²) in [5.41, 5.74) is 1.55. The minimum Gasteiger partial charge on any atom is -0.393 e. The summed E-state index contributed by atoms with van der Waals surface area (Å²) < 4.78 is 0. The van der Waals surface area contributed by atoms with Crippen LogP contribution in [0.5, 0.6) is 0 Å². The standard InChI is InChI=1S/C14H17ClN2O/c1-10(18)7-13-3-2-6-17(13)14-8-12(15)5-4-11(14)9-16/h4-5,8,10,13,18H,2-3,6-7H2,1H3. The van der Waals surface area contributed by atoms with Crippen LogP contribution in [0.2, 0.25) is 5.02 Å². The van der Waals surface area contributed by atoms with E-state index >= 15 is 0 Å². The summed E-state index contributed by atoms with van der Waals surface area (Å²) in [6.07, 6.45) is 2.56. The highest BCUT2D eigenvalue weighted by Gasteiger charge is 2.27. The highest BCUT2D eigenvalue weighted by atomic mass is 35.5. The van der Waals surface area contributed by atoms with Crippen molar-refractivity contribution in [2.75, 3.05) is 11.4 Å². The first-order valence-electron chi connectivity index (χ1n) is 6.26. The zero-order valence-electron chi connectivity index (χ0n) is 10.4. The van der Waals surface area contributed by atoms with Gasteiger partial charge in [0.05, 0.1) is 17.4 Å². The van der Waals surface area contributed by atoms with Crippen LogP contribution in [0.1, 0.15) is 31.7 Å². The van der Waals surface area contributed by atoms with E-state index in [0.717, 1.165) is 31.5 Å². The van der Waals surface area contributed by atoms with Gasteiger partial charge in [-0.2, -0.15) is 5.26 Å². The topological polar surface area (TPSA) is 47.3 Å². The maximum atomic E-state index is 9.54. The normalized spacial score (nSPS) is 20.8. The van der Waals surface area contributed by atoms with Crippen molar-refractivity contribution in [1.82, 2.24) is 0 Å². The molecular formula is C14H17ClN2O. The van der Waals surface area contributed by atoms with Crippen LogP contribution in [-0.2, 0) is 0 Å². The fraction of sp³-hybridized carbons (Fsp3) is 0.500. The fourth-order valence-electron chi connectivity index (χ4n) is 2.63. The van der Waals surface area contributed by atoms with Gasteiger partial charge in [0.15, 0.2) is 0 Å². The Hall–Kier alpha value is -1.24. The van der Waals surface area contributed by atoms with E-state index < -0.39 is 0 Å². The average Bonchev–Trinajstić information content (AvgIpc) is 2.76. The van der Waals surface area contributed by atoms with E-state index in [1.165, 1.54) is 0 Å². The second-order valence-electron chi connectivity index (χ2n) is 4.85. The predicted molar refractivity (Wildman–Crippen MR) is 72.8 cm³/mol. The van der Waals surface area contributed by atoms with Gasteiger partial charge < -0.3 is 10.0 Å². The Morgan fingerprint density at radius 2 is 2.39 bits per heavy atom.